The van der Waals surface area contributed by atoms with Gasteiger partial charge in [0.25, 0.3) is 5.91 Å². The van der Waals surface area contributed by atoms with E-state index in [0.29, 0.717) is 28.4 Å². The molecule has 1 unspecified atom stereocenters. The standard InChI is InChI=1S/C26H30N4O3/c1-4-16(3)27-26(33)30-23(18-10-11-18)15-22(29-30)21-13-12-20(14-24(21)31)28-25(32)19-8-6-17(5-2)7-9-19/h6-9,12-16,18,31H,4-5,10-11H2,1-3H3,(H,27,33)(H,28,32). The number of benzene rings is 2. The van der Waals surface area contributed by atoms with Crippen molar-refractivity contribution in [3.05, 3.63) is 65.4 Å². The van der Waals surface area contributed by atoms with Crippen LogP contribution in [-0.2, 0) is 6.42 Å². The van der Waals surface area contributed by atoms with Crippen molar-refractivity contribution in [3.8, 4) is 17.0 Å². The largest absolute Gasteiger partial charge is 0.507 e. The third-order valence-corrected chi connectivity index (χ3v) is 6.06. The number of phenols is 1. The monoisotopic (exact) mass is 446 g/mol. The number of aromatic nitrogens is 2. The van der Waals surface area contributed by atoms with Crippen LogP contribution in [0.5, 0.6) is 5.75 Å². The maximum absolute atomic E-state index is 12.7. The molecule has 7 heteroatoms. The maximum Gasteiger partial charge on any atom is 0.342 e. The maximum atomic E-state index is 12.7. The molecule has 1 saturated carbocycles. The number of phenolic OH excluding ortho intramolecular Hbond substituents is 1. The van der Waals surface area contributed by atoms with E-state index in [0.717, 1.165) is 36.9 Å². The van der Waals surface area contributed by atoms with Gasteiger partial charge in [0.1, 0.15) is 5.75 Å². The van der Waals surface area contributed by atoms with Gasteiger partial charge in [-0.2, -0.15) is 9.78 Å². The first kappa shape index (κ1) is 22.6. The van der Waals surface area contributed by atoms with Crippen molar-refractivity contribution in [1.29, 1.82) is 0 Å². The number of aromatic hydroxyl groups is 1. The lowest BCUT2D eigenvalue weighted by molar-refractivity contribution is 0.102. The second-order valence-electron chi connectivity index (χ2n) is 8.64. The van der Waals surface area contributed by atoms with Crippen molar-refractivity contribution in [2.75, 3.05) is 5.32 Å². The van der Waals surface area contributed by atoms with Crippen LogP contribution in [-0.4, -0.2) is 32.9 Å². The van der Waals surface area contributed by atoms with Crippen LogP contribution in [0, 0.1) is 0 Å². The molecule has 3 aromatic rings. The minimum absolute atomic E-state index is 0.0107. The average Bonchev–Trinajstić information content (AvgIpc) is 3.57. The first-order valence-electron chi connectivity index (χ1n) is 11.5. The number of anilines is 1. The van der Waals surface area contributed by atoms with Crippen LogP contribution in [0.4, 0.5) is 10.5 Å². The highest BCUT2D eigenvalue weighted by Crippen LogP contribution is 2.42. The van der Waals surface area contributed by atoms with E-state index in [4.69, 9.17) is 0 Å². The van der Waals surface area contributed by atoms with E-state index in [1.165, 1.54) is 10.7 Å². The molecule has 1 fully saturated rings. The van der Waals surface area contributed by atoms with Crippen LogP contribution in [0.2, 0.25) is 0 Å². The molecule has 1 heterocycles. The summed E-state index contributed by atoms with van der Waals surface area (Å²) in [6.07, 6.45) is 3.79. The molecule has 4 rings (SSSR count). The molecule has 3 N–H and O–H groups in total. The molecule has 7 nitrogen and oxygen atoms in total. The van der Waals surface area contributed by atoms with Gasteiger partial charge in [-0.3, -0.25) is 4.79 Å². The van der Waals surface area contributed by atoms with Gasteiger partial charge in [0.15, 0.2) is 0 Å². The molecule has 2 amide bonds. The fourth-order valence-corrected chi connectivity index (χ4v) is 3.65. The highest BCUT2D eigenvalue weighted by Gasteiger charge is 2.31. The summed E-state index contributed by atoms with van der Waals surface area (Å²) in [5.74, 6) is 0.0593. The van der Waals surface area contributed by atoms with Crippen LogP contribution in [0.15, 0.2) is 48.5 Å². The Labute approximate surface area is 193 Å². The Hall–Kier alpha value is -3.61. The Morgan fingerprint density at radius 3 is 2.45 bits per heavy atom. The fraction of sp³-hybridized carbons (Fsp3) is 0.346. The van der Waals surface area contributed by atoms with Gasteiger partial charge in [-0.1, -0.05) is 26.0 Å². The number of amides is 2. The first-order valence-corrected chi connectivity index (χ1v) is 11.5. The number of rotatable bonds is 7. The van der Waals surface area contributed by atoms with Gasteiger partial charge >= 0.3 is 6.03 Å². The Kier molecular flexibility index (Phi) is 6.49. The molecule has 2 aromatic carbocycles. The van der Waals surface area contributed by atoms with E-state index < -0.39 is 0 Å². The summed E-state index contributed by atoms with van der Waals surface area (Å²) in [6, 6.07) is 14.0. The number of hydrogen-bond acceptors (Lipinski definition) is 4. The first-order chi connectivity index (χ1) is 15.9. The quantitative estimate of drug-likeness (QED) is 0.459. The number of hydrogen-bond donors (Lipinski definition) is 3. The zero-order chi connectivity index (χ0) is 23.5. The van der Waals surface area contributed by atoms with Crippen LogP contribution in [0.25, 0.3) is 11.3 Å². The van der Waals surface area contributed by atoms with Gasteiger partial charge in [-0.15, -0.1) is 0 Å². The molecular formula is C26H30N4O3. The van der Waals surface area contributed by atoms with Gasteiger partial charge in [0.2, 0.25) is 0 Å². The number of nitrogens with zero attached hydrogens (tertiary/aromatic N) is 2. The van der Waals surface area contributed by atoms with E-state index >= 15 is 0 Å². The Morgan fingerprint density at radius 2 is 1.85 bits per heavy atom. The molecule has 0 radical (unpaired) electrons. The van der Waals surface area contributed by atoms with Crippen LogP contribution in [0.3, 0.4) is 0 Å². The molecule has 0 spiro atoms. The zero-order valence-corrected chi connectivity index (χ0v) is 19.3. The van der Waals surface area contributed by atoms with Crippen molar-refractivity contribution in [1.82, 2.24) is 15.1 Å². The predicted octanol–water partition coefficient (Wildman–Crippen LogP) is 5.30. The van der Waals surface area contributed by atoms with E-state index in [-0.39, 0.29) is 23.7 Å². The van der Waals surface area contributed by atoms with Gasteiger partial charge < -0.3 is 15.7 Å². The lowest BCUT2D eigenvalue weighted by atomic mass is 10.1. The van der Waals surface area contributed by atoms with Gasteiger partial charge in [-0.05, 0) is 68.5 Å². The molecule has 33 heavy (non-hydrogen) atoms. The number of carbonyl (C=O) groups is 2. The van der Waals surface area contributed by atoms with Crippen LogP contribution >= 0.6 is 0 Å². The van der Waals surface area contributed by atoms with Gasteiger partial charge in [0, 0.05) is 34.8 Å². The number of aryl methyl sites for hydroxylation is 1. The second-order valence-corrected chi connectivity index (χ2v) is 8.64. The van der Waals surface area contributed by atoms with Crippen molar-refractivity contribution < 1.29 is 14.7 Å². The lowest BCUT2D eigenvalue weighted by Gasteiger charge is -2.12. The summed E-state index contributed by atoms with van der Waals surface area (Å²) in [5, 5.41) is 20.9. The molecule has 0 bridgehead atoms. The summed E-state index contributed by atoms with van der Waals surface area (Å²) >= 11 is 0. The highest BCUT2D eigenvalue weighted by molar-refractivity contribution is 6.04. The lowest BCUT2D eigenvalue weighted by Crippen LogP contribution is -2.36. The van der Waals surface area contributed by atoms with Gasteiger partial charge in [-0.25, -0.2) is 4.79 Å². The average molecular weight is 447 g/mol. The van der Waals surface area contributed by atoms with E-state index in [9.17, 15) is 14.7 Å². The topological polar surface area (TPSA) is 96.3 Å². The SMILES string of the molecule is CCc1ccc(C(=O)Nc2ccc(-c3cc(C4CC4)n(C(=O)NC(C)CC)n3)c(O)c2)cc1. The summed E-state index contributed by atoms with van der Waals surface area (Å²) in [5.41, 5.74) is 4.10. The van der Waals surface area contributed by atoms with Crippen molar-refractivity contribution in [2.45, 2.75) is 58.4 Å². The smallest absolute Gasteiger partial charge is 0.342 e. The van der Waals surface area contributed by atoms with E-state index in [2.05, 4.69) is 22.7 Å². The zero-order valence-electron chi connectivity index (χ0n) is 19.3. The second kappa shape index (κ2) is 9.48. The van der Waals surface area contributed by atoms with Crippen LogP contribution < -0.4 is 10.6 Å². The van der Waals surface area contributed by atoms with Crippen LogP contribution in [0.1, 0.15) is 67.6 Å². The molecule has 1 aliphatic carbocycles. The third-order valence-electron chi connectivity index (χ3n) is 6.06. The minimum Gasteiger partial charge on any atom is -0.507 e. The molecule has 1 atom stereocenters. The molecule has 1 aliphatic rings. The minimum atomic E-state index is -0.255. The third kappa shape index (κ3) is 5.08. The molecule has 172 valence electrons. The molecule has 0 saturated heterocycles. The van der Waals surface area contributed by atoms with Crippen molar-refractivity contribution >= 4 is 17.6 Å². The van der Waals surface area contributed by atoms with Crippen molar-refractivity contribution in [3.63, 3.8) is 0 Å². The van der Waals surface area contributed by atoms with E-state index in [1.807, 2.05) is 32.0 Å². The van der Waals surface area contributed by atoms with Gasteiger partial charge in [0.05, 0.1) is 11.4 Å². The predicted molar refractivity (Wildman–Crippen MR) is 129 cm³/mol. The summed E-state index contributed by atoms with van der Waals surface area (Å²) < 4.78 is 1.42. The molecule has 0 aliphatic heterocycles. The summed E-state index contributed by atoms with van der Waals surface area (Å²) in [7, 11) is 0. The summed E-state index contributed by atoms with van der Waals surface area (Å²) in [6.45, 7) is 6.03. The van der Waals surface area contributed by atoms with E-state index in [1.54, 1.807) is 24.3 Å². The van der Waals surface area contributed by atoms with Crippen molar-refractivity contribution in [2.24, 2.45) is 0 Å². The fourth-order valence-electron chi connectivity index (χ4n) is 3.65. The number of nitrogens with one attached hydrogen (secondary N) is 2. The summed E-state index contributed by atoms with van der Waals surface area (Å²) in [4.78, 5) is 25.3. The Morgan fingerprint density at radius 1 is 1.12 bits per heavy atom. The number of carbonyl (C=O) groups excluding carboxylic acids is 2. The Balaban J connectivity index is 1.54. The highest BCUT2D eigenvalue weighted by atomic mass is 16.3. The molecular weight excluding hydrogens is 416 g/mol. The molecule has 1 aromatic heterocycles. The Bertz CT molecular complexity index is 1160. The normalized spacial score (nSPS) is 14.0.